The Kier molecular flexibility index (Phi) is 5.90. The third-order valence-electron chi connectivity index (χ3n) is 5.26. The van der Waals surface area contributed by atoms with Crippen molar-refractivity contribution in [2.45, 2.75) is 19.0 Å². The summed E-state index contributed by atoms with van der Waals surface area (Å²) in [5.41, 5.74) is 2.53. The number of benzene rings is 2. The van der Waals surface area contributed by atoms with Gasteiger partial charge in [-0.05, 0) is 41.8 Å². The van der Waals surface area contributed by atoms with Gasteiger partial charge in [-0.15, -0.1) is 0 Å². The van der Waals surface area contributed by atoms with E-state index >= 15 is 0 Å². The molecule has 0 fully saturated rings. The molecule has 2 amide bonds. The standard InChI is InChI=1S/C23H22FN3O3/c24-18-8-3-4-9-19(18)26-23(29)22(28)25-14-20(21-10-5-13-30-21)27-12-11-16-6-1-2-7-17(16)15-27/h1-10,13,20H,11-12,14-15H2,(H,25,28)(H,26,29)/t20-/m1/s1. The number of nitrogens with zero attached hydrogens (tertiary/aromatic N) is 1. The molecule has 0 aliphatic carbocycles. The van der Waals surface area contributed by atoms with Gasteiger partial charge in [0, 0.05) is 19.6 Å². The van der Waals surface area contributed by atoms with Gasteiger partial charge in [0.1, 0.15) is 11.6 Å². The zero-order chi connectivity index (χ0) is 20.9. The minimum atomic E-state index is -0.915. The van der Waals surface area contributed by atoms with Gasteiger partial charge >= 0.3 is 11.8 Å². The van der Waals surface area contributed by atoms with Crippen molar-refractivity contribution in [1.82, 2.24) is 10.2 Å². The highest BCUT2D eigenvalue weighted by molar-refractivity contribution is 6.39. The van der Waals surface area contributed by atoms with Crippen LogP contribution in [0.4, 0.5) is 10.1 Å². The fraction of sp³-hybridized carbons (Fsp3) is 0.217. The molecule has 1 aliphatic heterocycles. The Morgan fingerprint density at radius 1 is 1.00 bits per heavy atom. The number of carbonyl (C=O) groups is 2. The van der Waals surface area contributed by atoms with Gasteiger partial charge in [0.05, 0.1) is 18.0 Å². The second kappa shape index (κ2) is 8.92. The average molecular weight is 407 g/mol. The molecule has 0 saturated carbocycles. The van der Waals surface area contributed by atoms with Crippen LogP contribution in [0.3, 0.4) is 0 Å². The maximum absolute atomic E-state index is 13.7. The minimum absolute atomic E-state index is 0.0344. The maximum Gasteiger partial charge on any atom is 0.313 e. The lowest BCUT2D eigenvalue weighted by molar-refractivity contribution is -0.136. The number of carbonyl (C=O) groups excluding carboxylic acids is 2. The van der Waals surface area contributed by atoms with Gasteiger partial charge in [-0.1, -0.05) is 36.4 Å². The summed E-state index contributed by atoms with van der Waals surface area (Å²) in [7, 11) is 0. The zero-order valence-corrected chi connectivity index (χ0v) is 16.3. The molecule has 7 heteroatoms. The van der Waals surface area contributed by atoms with E-state index in [0.717, 1.165) is 19.5 Å². The van der Waals surface area contributed by atoms with Gasteiger partial charge in [0.15, 0.2) is 0 Å². The van der Waals surface area contributed by atoms with E-state index in [1.807, 2.05) is 18.2 Å². The van der Waals surface area contributed by atoms with Gasteiger partial charge in [0.2, 0.25) is 0 Å². The largest absolute Gasteiger partial charge is 0.468 e. The second-order valence-corrected chi connectivity index (χ2v) is 7.16. The highest BCUT2D eigenvalue weighted by Gasteiger charge is 2.28. The van der Waals surface area contributed by atoms with Crippen molar-refractivity contribution < 1.29 is 18.4 Å². The van der Waals surface area contributed by atoms with Crippen molar-refractivity contribution in [3.63, 3.8) is 0 Å². The van der Waals surface area contributed by atoms with Crippen molar-refractivity contribution in [3.8, 4) is 0 Å². The number of furan rings is 1. The summed E-state index contributed by atoms with van der Waals surface area (Å²) in [6, 6.07) is 17.4. The molecule has 154 valence electrons. The first-order valence-electron chi connectivity index (χ1n) is 9.80. The lowest BCUT2D eigenvalue weighted by atomic mass is 9.98. The second-order valence-electron chi connectivity index (χ2n) is 7.16. The molecule has 4 rings (SSSR count). The van der Waals surface area contributed by atoms with Crippen LogP contribution >= 0.6 is 0 Å². The third-order valence-corrected chi connectivity index (χ3v) is 5.26. The van der Waals surface area contributed by atoms with Gasteiger partial charge < -0.3 is 15.1 Å². The van der Waals surface area contributed by atoms with Crippen LogP contribution in [0.5, 0.6) is 0 Å². The van der Waals surface area contributed by atoms with Crippen molar-refractivity contribution in [2.24, 2.45) is 0 Å². The average Bonchev–Trinajstić information content (AvgIpc) is 3.30. The number of fused-ring (bicyclic) bond motifs is 1. The Hall–Kier alpha value is -3.45. The summed E-state index contributed by atoms with van der Waals surface area (Å²) < 4.78 is 19.3. The van der Waals surface area contributed by atoms with Crippen molar-refractivity contribution in [1.29, 1.82) is 0 Å². The molecule has 0 unspecified atom stereocenters. The predicted octanol–water partition coefficient (Wildman–Crippen LogP) is 3.27. The van der Waals surface area contributed by atoms with Crippen LogP contribution in [-0.2, 0) is 22.6 Å². The molecule has 6 nitrogen and oxygen atoms in total. The number of halogens is 1. The number of amides is 2. The Morgan fingerprint density at radius 3 is 2.53 bits per heavy atom. The number of anilines is 1. The monoisotopic (exact) mass is 407 g/mol. The van der Waals surface area contributed by atoms with E-state index in [1.54, 1.807) is 18.4 Å². The molecule has 1 aromatic heterocycles. The Morgan fingerprint density at radius 2 is 1.77 bits per heavy atom. The van der Waals surface area contributed by atoms with Crippen LogP contribution in [0, 0.1) is 5.82 Å². The number of rotatable bonds is 5. The highest BCUT2D eigenvalue weighted by atomic mass is 19.1. The number of nitrogens with one attached hydrogen (secondary N) is 2. The van der Waals surface area contributed by atoms with Crippen molar-refractivity contribution in [3.05, 3.63) is 89.6 Å². The number of hydrogen-bond acceptors (Lipinski definition) is 4. The van der Waals surface area contributed by atoms with Crippen LogP contribution in [0.15, 0.2) is 71.3 Å². The van der Waals surface area contributed by atoms with Crippen molar-refractivity contribution >= 4 is 17.5 Å². The quantitative estimate of drug-likeness (QED) is 0.637. The molecule has 1 aliphatic rings. The number of hydrogen-bond donors (Lipinski definition) is 2. The molecule has 30 heavy (non-hydrogen) atoms. The summed E-state index contributed by atoms with van der Waals surface area (Å²) in [5, 5.41) is 4.95. The minimum Gasteiger partial charge on any atom is -0.468 e. The molecular formula is C23H22FN3O3. The molecular weight excluding hydrogens is 385 g/mol. The van der Waals surface area contributed by atoms with E-state index in [4.69, 9.17) is 4.42 Å². The molecule has 0 saturated heterocycles. The van der Waals surface area contributed by atoms with E-state index in [9.17, 15) is 14.0 Å². The normalized spacial score (nSPS) is 14.6. The molecule has 2 N–H and O–H groups in total. The summed E-state index contributed by atoms with van der Waals surface area (Å²) >= 11 is 0. The lowest BCUT2D eigenvalue weighted by Gasteiger charge is -2.34. The topological polar surface area (TPSA) is 74.6 Å². The Bertz CT molecular complexity index is 1040. The van der Waals surface area contributed by atoms with E-state index in [2.05, 4.69) is 27.7 Å². The van der Waals surface area contributed by atoms with Crippen LogP contribution in [-0.4, -0.2) is 29.8 Å². The van der Waals surface area contributed by atoms with E-state index in [-0.39, 0.29) is 18.3 Å². The van der Waals surface area contributed by atoms with E-state index < -0.39 is 17.6 Å². The van der Waals surface area contributed by atoms with Gasteiger partial charge in [0.25, 0.3) is 0 Å². The van der Waals surface area contributed by atoms with Crippen LogP contribution in [0.25, 0.3) is 0 Å². The molecule has 0 radical (unpaired) electrons. The van der Waals surface area contributed by atoms with Crippen LogP contribution < -0.4 is 10.6 Å². The smallest absolute Gasteiger partial charge is 0.313 e. The molecule has 1 atom stereocenters. The predicted molar refractivity (Wildman–Crippen MR) is 110 cm³/mol. The first-order chi connectivity index (χ1) is 14.6. The summed E-state index contributed by atoms with van der Waals surface area (Å²) in [4.78, 5) is 26.7. The molecule has 0 spiro atoms. The fourth-order valence-corrected chi connectivity index (χ4v) is 3.69. The van der Waals surface area contributed by atoms with E-state index in [0.29, 0.717) is 5.76 Å². The highest BCUT2D eigenvalue weighted by Crippen LogP contribution is 2.27. The van der Waals surface area contributed by atoms with Crippen LogP contribution in [0.1, 0.15) is 22.9 Å². The van der Waals surface area contributed by atoms with Crippen LogP contribution in [0.2, 0.25) is 0 Å². The maximum atomic E-state index is 13.7. The third kappa shape index (κ3) is 4.41. The number of para-hydroxylation sites is 1. The molecule has 2 heterocycles. The first kappa shape index (κ1) is 19.8. The molecule has 2 aromatic carbocycles. The van der Waals surface area contributed by atoms with Gasteiger partial charge in [-0.3, -0.25) is 14.5 Å². The molecule has 0 bridgehead atoms. The van der Waals surface area contributed by atoms with Gasteiger partial charge in [-0.25, -0.2) is 4.39 Å². The SMILES string of the molecule is O=C(NC[C@H](c1ccco1)N1CCc2ccccc2C1)C(=O)Nc1ccccc1F. The Labute approximate surface area is 173 Å². The Balaban J connectivity index is 1.43. The molecule has 3 aromatic rings. The van der Waals surface area contributed by atoms with Crippen molar-refractivity contribution in [2.75, 3.05) is 18.4 Å². The summed E-state index contributed by atoms with van der Waals surface area (Å²) in [6.45, 7) is 1.72. The van der Waals surface area contributed by atoms with E-state index in [1.165, 1.54) is 29.3 Å². The fourth-order valence-electron chi connectivity index (χ4n) is 3.69. The zero-order valence-electron chi connectivity index (χ0n) is 16.3. The first-order valence-corrected chi connectivity index (χ1v) is 9.80. The van der Waals surface area contributed by atoms with Gasteiger partial charge in [-0.2, -0.15) is 0 Å². The lowest BCUT2D eigenvalue weighted by Crippen LogP contribution is -2.43. The summed E-state index contributed by atoms with van der Waals surface area (Å²) in [6.07, 6.45) is 2.49. The summed E-state index contributed by atoms with van der Waals surface area (Å²) in [5.74, 6) is -1.63.